The summed E-state index contributed by atoms with van der Waals surface area (Å²) in [5.41, 5.74) is 9.39. The van der Waals surface area contributed by atoms with E-state index in [1.54, 1.807) is 6.33 Å². The molecule has 19 heavy (non-hydrogen) atoms. The SMILES string of the molecule is NCc1cccc(CNc2ncnc3nc[nH]c23)c1. The highest BCUT2D eigenvalue weighted by molar-refractivity contribution is 5.81. The number of rotatable bonds is 4. The Bertz CT molecular complexity index is 690. The number of nitrogens with zero attached hydrogens (tertiary/aromatic N) is 3. The number of imidazole rings is 1. The molecule has 4 N–H and O–H groups in total. The highest BCUT2D eigenvalue weighted by Gasteiger charge is 2.05. The summed E-state index contributed by atoms with van der Waals surface area (Å²) in [4.78, 5) is 15.4. The van der Waals surface area contributed by atoms with Crippen LogP contribution in [-0.4, -0.2) is 19.9 Å². The molecule has 1 aromatic carbocycles. The summed E-state index contributed by atoms with van der Waals surface area (Å²) in [6.45, 7) is 1.23. The molecular weight excluding hydrogens is 240 g/mol. The molecule has 0 amide bonds. The van der Waals surface area contributed by atoms with Gasteiger partial charge in [0.2, 0.25) is 0 Å². The Hall–Kier alpha value is -2.47. The third kappa shape index (κ3) is 2.38. The van der Waals surface area contributed by atoms with Gasteiger partial charge in [0.15, 0.2) is 11.5 Å². The second-order valence-electron chi connectivity index (χ2n) is 4.20. The lowest BCUT2D eigenvalue weighted by atomic mass is 10.1. The zero-order valence-electron chi connectivity index (χ0n) is 10.3. The minimum atomic E-state index is 0.548. The van der Waals surface area contributed by atoms with Crippen LogP contribution in [0.3, 0.4) is 0 Å². The van der Waals surface area contributed by atoms with Crippen molar-refractivity contribution in [3.8, 4) is 0 Å². The molecule has 0 fully saturated rings. The van der Waals surface area contributed by atoms with Gasteiger partial charge in [-0.1, -0.05) is 24.3 Å². The van der Waals surface area contributed by atoms with E-state index < -0.39 is 0 Å². The van der Waals surface area contributed by atoms with Gasteiger partial charge in [0.1, 0.15) is 11.8 Å². The Morgan fingerprint density at radius 1 is 1.16 bits per heavy atom. The highest BCUT2D eigenvalue weighted by Crippen LogP contribution is 2.15. The molecule has 0 aliphatic rings. The van der Waals surface area contributed by atoms with Gasteiger partial charge >= 0.3 is 0 Å². The molecule has 6 nitrogen and oxygen atoms in total. The first-order valence-electron chi connectivity index (χ1n) is 6.02. The highest BCUT2D eigenvalue weighted by atomic mass is 15.1. The lowest BCUT2D eigenvalue weighted by molar-refractivity contribution is 1.04. The molecule has 0 aliphatic carbocycles. The Labute approximate surface area is 110 Å². The van der Waals surface area contributed by atoms with Crippen molar-refractivity contribution in [2.75, 3.05) is 5.32 Å². The van der Waals surface area contributed by atoms with Crippen molar-refractivity contribution < 1.29 is 0 Å². The van der Waals surface area contributed by atoms with Crippen LogP contribution in [0.5, 0.6) is 0 Å². The third-order valence-corrected chi connectivity index (χ3v) is 2.91. The molecule has 0 bridgehead atoms. The molecule has 2 aromatic heterocycles. The van der Waals surface area contributed by atoms with Gasteiger partial charge in [-0.3, -0.25) is 0 Å². The van der Waals surface area contributed by atoms with Gasteiger partial charge in [-0.2, -0.15) is 0 Å². The van der Waals surface area contributed by atoms with Gasteiger partial charge in [-0.05, 0) is 11.1 Å². The number of nitrogens with two attached hydrogens (primary N) is 1. The summed E-state index contributed by atoms with van der Waals surface area (Å²) < 4.78 is 0. The normalized spacial score (nSPS) is 10.8. The van der Waals surface area contributed by atoms with Crippen LogP contribution in [0.25, 0.3) is 11.2 Å². The number of hydrogen-bond donors (Lipinski definition) is 3. The van der Waals surface area contributed by atoms with E-state index in [0.717, 1.165) is 22.5 Å². The summed E-state index contributed by atoms with van der Waals surface area (Å²) in [5, 5.41) is 3.28. The second-order valence-corrected chi connectivity index (χ2v) is 4.20. The molecule has 3 aromatic rings. The van der Waals surface area contributed by atoms with Crippen molar-refractivity contribution in [3.63, 3.8) is 0 Å². The molecule has 0 spiro atoms. The van der Waals surface area contributed by atoms with E-state index in [2.05, 4.69) is 37.4 Å². The molecule has 0 saturated heterocycles. The lowest BCUT2D eigenvalue weighted by Crippen LogP contribution is -2.04. The van der Waals surface area contributed by atoms with Gasteiger partial charge < -0.3 is 16.0 Å². The minimum Gasteiger partial charge on any atom is -0.364 e. The van der Waals surface area contributed by atoms with Crippen LogP contribution in [0.15, 0.2) is 36.9 Å². The van der Waals surface area contributed by atoms with Crippen molar-refractivity contribution in [2.24, 2.45) is 5.73 Å². The summed E-state index contributed by atoms with van der Waals surface area (Å²) in [5.74, 6) is 0.751. The molecule has 2 heterocycles. The second kappa shape index (κ2) is 5.03. The van der Waals surface area contributed by atoms with E-state index in [1.807, 2.05) is 12.1 Å². The Kier molecular flexibility index (Phi) is 3.07. The van der Waals surface area contributed by atoms with Crippen molar-refractivity contribution in [3.05, 3.63) is 48.0 Å². The first-order chi connectivity index (χ1) is 9.36. The van der Waals surface area contributed by atoms with Crippen LogP contribution in [0.4, 0.5) is 5.82 Å². The molecule has 0 saturated carbocycles. The Morgan fingerprint density at radius 3 is 2.95 bits per heavy atom. The van der Waals surface area contributed by atoms with Crippen LogP contribution >= 0.6 is 0 Å². The van der Waals surface area contributed by atoms with Gasteiger partial charge in [-0.15, -0.1) is 0 Å². The third-order valence-electron chi connectivity index (χ3n) is 2.91. The fourth-order valence-corrected chi connectivity index (χ4v) is 1.95. The van der Waals surface area contributed by atoms with E-state index in [0.29, 0.717) is 18.7 Å². The molecule has 0 radical (unpaired) electrons. The van der Waals surface area contributed by atoms with Crippen LogP contribution < -0.4 is 11.1 Å². The van der Waals surface area contributed by atoms with Gasteiger partial charge in [0, 0.05) is 13.1 Å². The summed E-state index contributed by atoms with van der Waals surface area (Å²) in [7, 11) is 0. The number of anilines is 1. The first kappa shape index (κ1) is 11.6. The molecule has 6 heteroatoms. The number of nitrogens with one attached hydrogen (secondary N) is 2. The summed E-state index contributed by atoms with van der Waals surface area (Å²) in [6, 6.07) is 8.15. The predicted molar refractivity (Wildman–Crippen MR) is 73.3 cm³/mol. The first-order valence-corrected chi connectivity index (χ1v) is 6.02. The number of aromatic amines is 1. The van der Waals surface area contributed by atoms with Crippen molar-refractivity contribution in [1.82, 2.24) is 19.9 Å². The Balaban J connectivity index is 1.80. The molecule has 0 atom stereocenters. The summed E-state index contributed by atoms with van der Waals surface area (Å²) >= 11 is 0. The topological polar surface area (TPSA) is 92.5 Å². The van der Waals surface area contributed by atoms with Crippen molar-refractivity contribution in [1.29, 1.82) is 0 Å². The largest absolute Gasteiger partial charge is 0.364 e. The van der Waals surface area contributed by atoms with Crippen LogP contribution in [0.2, 0.25) is 0 Å². The molecule has 0 aliphatic heterocycles. The standard InChI is InChI=1S/C13H14N6/c14-5-9-2-1-3-10(4-9)6-15-12-11-13(17-7-16-11)19-8-18-12/h1-4,7-8H,5-6,14H2,(H2,15,16,17,18,19). The molecule has 0 unspecified atom stereocenters. The molecule has 3 rings (SSSR count). The van der Waals surface area contributed by atoms with E-state index in [4.69, 9.17) is 5.73 Å². The summed E-state index contributed by atoms with van der Waals surface area (Å²) in [6.07, 6.45) is 3.11. The fourth-order valence-electron chi connectivity index (χ4n) is 1.95. The predicted octanol–water partition coefficient (Wildman–Crippen LogP) is 1.42. The van der Waals surface area contributed by atoms with Gasteiger partial charge in [0.25, 0.3) is 0 Å². The van der Waals surface area contributed by atoms with Crippen LogP contribution in [-0.2, 0) is 13.1 Å². The van der Waals surface area contributed by atoms with Crippen molar-refractivity contribution in [2.45, 2.75) is 13.1 Å². The van der Waals surface area contributed by atoms with E-state index in [9.17, 15) is 0 Å². The minimum absolute atomic E-state index is 0.548. The van der Waals surface area contributed by atoms with E-state index >= 15 is 0 Å². The molecular formula is C13H14N6. The monoisotopic (exact) mass is 254 g/mol. The zero-order valence-corrected chi connectivity index (χ0v) is 10.3. The quantitative estimate of drug-likeness (QED) is 0.655. The average molecular weight is 254 g/mol. The van der Waals surface area contributed by atoms with Crippen LogP contribution in [0.1, 0.15) is 11.1 Å². The smallest absolute Gasteiger partial charge is 0.182 e. The number of H-pyrrole nitrogens is 1. The number of hydrogen-bond acceptors (Lipinski definition) is 5. The number of fused-ring (bicyclic) bond motifs is 1. The zero-order chi connectivity index (χ0) is 13.1. The van der Waals surface area contributed by atoms with E-state index in [-0.39, 0.29) is 0 Å². The van der Waals surface area contributed by atoms with Crippen LogP contribution in [0, 0.1) is 0 Å². The number of benzene rings is 1. The van der Waals surface area contributed by atoms with Crippen molar-refractivity contribution >= 4 is 17.0 Å². The maximum absolute atomic E-state index is 5.63. The van der Waals surface area contributed by atoms with Gasteiger partial charge in [-0.25, -0.2) is 15.0 Å². The average Bonchev–Trinajstić information content (AvgIpc) is 2.94. The van der Waals surface area contributed by atoms with E-state index in [1.165, 1.54) is 6.33 Å². The fraction of sp³-hybridized carbons (Fsp3) is 0.154. The maximum Gasteiger partial charge on any atom is 0.182 e. The van der Waals surface area contributed by atoms with Gasteiger partial charge in [0.05, 0.1) is 6.33 Å². The maximum atomic E-state index is 5.63. The Morgan fingerprint density at radius 2 is 2.05 bits per heavy atom. The lowest BCUT2D eigenvalue weighted by Gasteiger charge is -2.07. The number of aromatic nitrogens is 4. The molecule has 96 valence electrons.